The molecule has 0 aromatic rings. The Morgan fingerprint density at radius 1 is 1.21 bits per heavy atom. The topological polar surface area (TPSA) is 130 Å². The zero-order valence-electron chi connectivity index (χ0n) is 17.6. The van der Waals surface area contributed by atoms with E-state index in [1.165, 1.54) is 16.7 Å². The number of hydrogen-bond acceptors (Lipinski definition) is 5. The van der Waals surface area contributed by atoms with Gasteiger partial charge in [0.2, 0.25) is 23.6 Å². The van der Waals surface area contributed by atoms with Crippen LogP contribution >= 0.6 is 0 Å². The minimum atomic E-state index is -0.690. The number of ketones is 1. The van der Waals surface area contributed by atoms with E-state index in [1.807, 2.05) is 13.8 Å². The Morgan fingerprint density at radius 3 is 2.41 bits per heavy atom. The quantitative estimate of drug-likeness (QED) is 0.575. The Bertz CT molecular complexity index is 694. The first kappa shape index (κ1) is 22.8. The second kappa shape index (κ2) is 9.37. The van der Waals surface area contributed by atoms with Gasteiger partial charge in [0.1, 0.15) is 12.1 Å². The summed E-state index contributed by atoms with van der Waals surface area (Å²) in [4.78, 5) is 64.2. The molecule has 2 heterocycles. The Kier molecular flexibility index (Phi) is 7.37. The summed E-state index contributed by atoms with van der Waals surface area (Å²) in [6.45, 7) is 7.20. The predicted octanol–water partition coefficient (Wildman–Crippen LogP) is -0.180. The maximum Gasteiger partial charge on any atom is 0.246 e. The average molecular weight is 408 g/mol. The van der Waals surface area contributed by atoms with Crippen LogP contribution in [0.2, 0.25) is 0 Å². The Hall–Kier alpha value is -2.45. The molecule has 2 fully saturated rings. The van der Waals surface area contributed by atoms with Crippen molar-refractivity contribution in [3.63, 3.8) is 0 Å². The molecule has 0 aromatic carbocycles. The highest BCUT2D eigenvalue weighted by molar-refractivity contribution is 5.99. The van der Waals surface area contributed by atoms with Crippen molar-refractivity contribution in [1.29, 1.82) is 0 Å². The van der Waals surface area contributed by atoms with Crippen molar-refractivity contribution in [3.05, 3.63) is 0 Å². The SMILES string of the molecule is CCC(C)C(NC(C)=O)C(=O)N1CC(=O)C2C1CCN2C(=O)CCC(C)C(N)=O. The number of carbonyl (C=O) groups is 5. The molecule has 2 aliphatic rings. The minimum Gasteiger partial charge on any atom is -0.369 e. The molecule has 0 radical (unpaired) electrons. The fourth-order valence-electron chi connectivity index (χ4n) is 4.10. The van der Waals surface area contributed by atoms with E-state index in [0.717, 1.165) is 0 Å². The van der Waals surface area contributed by atoms with Crippen molar-refractivity contribution in [3.8, 4) is 0 Å². The van der Waals surface area contributed by atoms with E-state index in [9.17, 15) is 24.0 Å². The van der Waals surface area contributed by atoms with Crippen LogP contribution in [0.1, 0.15) is 53.4 Å². The molecule has 162 valence electrons. The summed E-state index contributed by atoms with van der Waals surface area (Å²) in [5.74, 6) is -1.88. The van der Waals surface area contributed by atoms with Gasteiger partial charge in [0.15, 0.2) is 5.78 Å². The van der Waals surface area contributed by atoms with Gasteiger partial charge in [-0.3, -0.25) is 24.0 Å². The van der Waals surface area contributed by atoms with Gasteiger partial charge in [-0.15, -0.1) is 0 Å². The van der Waals surface area contributed by atoms with Crippen LogP contribution in [0, 0.1) is 11.8 Å². The second-order valence-corrected chi connectivity index (χ2v) is 8.23. The largest absolute Gasteiger partial charge is 0.369 e. The van der Waals surface area contributed by atoms with Crippen molar-refractivity contribution < 1.29 is 24.0 Å². The zero-order valence-corrected chi connectivity index (χ0v) is 17.6. The Balaban J connectivity index is 2.10. The number of primary amides is 1. The number of fused-ring (bicyclic) bond motifs is 1. The number of rotatable bonds is 8. The lowest BCUT2D eigenvalue weighted by molar-refractivity contribution is -0.139. The molecular weight excluding hydrogens is 376 g/mol. The molecule has 2 saturated heterocycles. The van der Waals surface area contributed by atoms with Crippen molar-refractivity contribution in [2.75, 3.05) is 13.1 Å². The Labute approximate surface area is 171 Å². The summed E-state index contributed by atoms with van der Waals surface area (Å²) < 4.78 is 0. The van der Waals surface area contributed by atoms with E-state index in [4.69, 9.17) is 5.73 Å². The van der Waals surface area contributed by atoms with Gasteiger partial charge in [0.05, 0.1) is 12.6 Å². The molecule has 3 N–H and O–H groups in total. The van der Waals surface area contributed by atoms with Gasteiger partial charge in [-0.2, -0.15) is 0 Å². The van der Waals surface area contributed by atoms with Crippen molar-refractivity contribution in [1.82, 2.24) is 15.1 Å². The van der Waals surface area contributed by atoms with Crippen LogP contribution < -0.4 is 11.1 Å². The molecule has 0 aliphatic carbocycles. The standard InChI is InChI=1S/C20H32N4O5/c1-5-11(2)17(22-13(4)25)20(29)24-10-15(26)18-14(24)8-9-23(18)16(27)7-6-12(3)19(21)28/h11-12,14,17-18H,5-10H2,1-4H3,(H2,21,28)(H,22,25). The molecule has 0 saturated carbocycles. The summed E-state index contributed by atoms with van der Waals surface area (Å²) in [7, 11) is 0. The lowest BCUT2D eigenvalue weighted by Gasteiger charge is -2.30. The highest BCUT2D eigenvalue weighted by Gasteiger charge is 2.52. The molecule has 5 unspecified atom stereocenters. The van der Waals surface area contributed by atoms with Gasteiger partial charge in [0.25, 0.3) is 0 Å². The number of nitrogens with one attached hydrogen (secondary N) is 1. The molecule has 4 amide bonds. The van der Waals surface area contributed by atoms with E-state index in [1.54, 1.807) is 6.92 Å². The van der Waals surface area contributed by atoms with Gasteiger partial charge >= 0.3 is 0 Å². The third-order valence-corrected chi connectivity index (χ3v) is 6.14. The van der Waals surface area contributed by atoms with Crippen LogP contribution in [-0.2, 0) is 24.0 Å². The molecule has 9 nitrogen and oxygen atoms in total. The fraction of sp³-hybridized carbons (Fsp3) is 0.750. The molecule has 0 spiro atoms. The van der Waals surface area contributed by atoms with E-state index in [2.05, 4.69) is 5.32 Å². The normalized spacial score (nSPS) is 24.1. The van der Waals surface area contributed by atoms with Gasteiger partial charge in [0, 0.05) is 25.8 Å². The van der Waals surface area contributed by atoms with Gasteiger partial charge in [-0.25, -0.2) is 0 Å². The molecule has 9 heteroatoms. The van der Waals surface area contributed by atoms with Crippen molar-refractivity contribution in [2.24, 2.45) is 17.6 Å². The van der Waals surface area contributed by atoms with Gasteiger partial charge in [-0.1, -0.05) is 27.2 Å². The molecule has 29 heavy (non-hydrogen) atoms. The van der Waals surface area contributed by atoms with E-state index >= 15 is 0 Å². The molecule has 0 aromatic heterocycles. The summed E-state index contributed by atoms with van der Waals surface area (Å²) in [6.07, 6.45) is 1.69. The lowest BCUT2D eigenvalue weighted by atomic mass is 9.97. The first-order valence-corrected chi connectivity index (χ1v) is 10.3. The Morgan fingerprint density at radius 2 is 1.86 bits per heavy atom. The van der Waals surface area contributed by atoms with Crippen molar-refractivity contribution in [2.45, 2.75) is 71.5 Å². The average Bonchev–Trinajstić information content (AvgIpc) is 3.24. The number of carbonyl (C=O) groups excluding carboxylic acids is 5. The number of nitrogens with zero attached hydrogens (tertiary/aromatic N) is 2. The number of hydrogen-bond donors (Lipinski definition) is 2. The molecule has 0 bridgehead atoms. The maximum atomic E-state index is 13.1. The van der Waals surface area contributed by atoms with Crippen molar-refractivity contribution >= 4 is 29.4 Å². The molecular formula is C20H32N4O5. The van der Waals surface area contributed by atoms with Gasteiger partial charge < -0.3 is 20.9 Å². The lowest BCUT2D eigenvalue weighted by Crippen LogP contribution is -2.53. The third-order valence-electron chi connectivity index (χ3n) is 6.14. The second-order valence-electron chi connectivity index (χ2n) is 8.23. The van der Waals surface area contributed by atoms with Crippen LogP contribution in [0.3, 0.4) is 0 Å². The van der Waals surface area contributed by atoms with Crippen LogP contribution in [0.15, 0.2) is 0 Å². The number of amides is 4. The highest BCUT2D eigenvalue weighted by Crippen LogP contribution is 2.31. The minimum absolute atomic E-state index is 0.0534. The number of likely N-dealkylation sites (tertiary alicyclic amines) is 2. The maximum absolute atomic E-state index is 13.1. The zero-order chi connectivity index (χ0) is 21.9. The number of nitrogens with two attached hydrogens (primary N) is 1. The number of Topliss-reactive ketones (excluding diaryl/α,β-unsaturated/α-hetero) is 1. The predicted molar refractivity (Wildman–Crippen MR) is 105 cm³/mol. The summed E-state index contributed by atoms with van der Waals surface area (Å²) >= 11 is 0. The summed E-state index contributed by atoms with van der Waals surface area (Å²) in [6, 6.07) is -1.71. The third kappa shape index (κ3) is 4.94. The molecule has 2 aliphatic heterocycles. The summed E-state index contributed by atoms with van der Waals surface area (Å²) in [5.41, 5.74) is 5.24. The first-order chi connectivity index (χ1) is 13.6. The van der Waals surface area contributed by atoms with E-state index in [-0.39, 0.29) is 48.4 Å². The van der Waals surface area contributed by atoms with Crippen LogP contribution in [-0.4, -0.2) is 70.4 Å². The van der Waals surface area contributed by atoms with E-state index in [0.29, 0.717) is 25.8 Å². The van der Waals surface area contributed by atoms with Crippen LogP contribution in [0.25, 0.3) is 0 Å². The monoisotopic (exact) mass is 408 g/mol. The van der Waals surface area contributed by atoms with Crippen LogP contribution in [0.4, 0.5) is 0 Å². The van der Waals surface area contributed by atoms with Gasteiger partial charge in [-0.05, 0) is 18.8 Å². The first-order valence-electron chi connectivity index (χ1n) is 10.3. The summed E-state index contributed by atoms with van der Waals surface area (Å²) in [5, 5.41) is 2.71. The smallest absolute Gasteiger partial charge is 0.246 e. The molecule has 5 atom stereocenters. The fourth-order valence-corrected chi connectivity index (χ4v) is 4.10. The highest BCUT2D eigenvalue weighted by atomic mass is 16.2. The van der Waals surface area contributed by atoms with Crippen LogP contribution in [0.5, 0.6) is 0 Å². The van der Waals surface area contributed by atoms with E-state index < -0.39 is 23.9 Å². The molecule has 2 rings (SSSR count).